The third kappa shape index (κ3) is 9.10. The fraction of sp³-hybridized carbons (Fsp3) is 0.545. The molecule has 2 amide bonds. The molecule has 0 aromatic heterocycles. The molecule has 0 fully saturated rings. The van der Waals surface area contributed by atoms with Crippen LogP contribution in [-0.4, -0.2) is 59.7 Å². The van der Waals surface area contributed by atoms with Crippen LogP contribution < -0.4 is 14.8 Å². The molecule has 0 unspecified atom stereocenters. The maximum Gasteiger partial charge on any atom is 0.329 e. The van der Waals surface area contributed by atoms with Crippen molar-refractivity contribution in [1.29, 1.82) is 0 Å². The van der Waals surface area contributed by atoms with Gasteiger partial charge in [0.2, 0.25) is 0 Å². The van der Waals surface area contributed by atoms with Crippen molar-refractivity contribution in [1.82, 2.24) is 10.2 Å². The topological polar surface area (TPSA) is 114 Å². The van der Waals surface area contributed by atoms with Gasteiger partial charge < -0.3 is 29.5 Å². The highest BCUT2D eigenvalue weighted by molar-refractivity contribution is 6.33. The first-order chi connectivity index (χ1) is 20.5. The summed E-state index contributed by atoms with van der Waals surface area (Å²) in [6, 6.07) is 10.2. The number of hydrogen-bond donors (Lipinski definition) is 2. The number of carboxylic acids is 1. The molecule has 2 atom stereocenters. The first-order valence-corrected chi connectivity index (χ1v) is 15.5. The molecule has 238 valence electrons. The Balaban J connectivity index is 2.57. The number of nitrogens with one attached hydrogen (secondary N) is 1. The van der Waals surface area contributed by atoms with Crippen LogP contribution in [-0.2, 0) is 9.53 Å². The number of rotatable bonds is 18. The number of urea groups is 1. The molecule has 43 heavy (non-hydrogen) atoms. The van der Waals surface area contributed by atoms with Crippen LogP contribution in [0.3, 0.4) is 0 Å². The molecule has 2 aromatic rings. The first-order valence-electron chi connectivity index (χ1n) is 15.1. The summed E-state index contributed by atoms with van der Waals surface area (Å²) in [5.41, 5.74) is 0.299. The van der Waals surface area contributed by atoms with Crippen LogP contribution in [0.15, 0.2) is 36.4 Å². The fourth-order valence-corrected chi connectivity index (χ4v) is 5.61. The zero-order chi connectivity index (χ0) is 32.2. The molecule has 2 rings (SSSR count). The summed E-state index contributed by atoms with van der Waals surface area (Å²) in [5, 5.41) is 13.3. The molecule has 0 spiro atoms. The minimum Gasteiger partial charge on any atom is -0.493 e. The molecule has 0 aliphatic heterocycles. The van der Waals surface area contributed by atoms with Gasteiger partial charge >= 0.3 is 12.0 Å². The summed E-state index contributed by atoms with van der Waals surface area (Å²) in [4.78, 5) is 40.6. The van der Waals surface area contributed by atoms with E-state index in [4.69, 9.17) is 25.8 Å². The van der Waals surface area contributed by atoms with Crippen LogP contribution in [0.4, 0.5) is 4.79 Å². The number of hydrogen-bond acceptors (Lipinski definition) is 6. The number of halogens is 1. The van der Waals surface area contributed by atoms with Gasteiger partial charge in [0, 0.05) is 12.1 Å². The van der Waals surface area contributed by atoms with Crippen molar-refractivity contribution >= 4 is 29.4 Å². The van der Waals surface area contributed by atoms with E-state index in [0.29, 0.717) is 30.8 Å². The van der Waals surface area contributed by atoms with E-state index in [-0.39, 0.29) is 60.8 Å². The number of nitrogens with zero attached hydrogens (tertiary/aromatic N) is 1. The Bertz CT molecular complexity index is 1220. The highest BCUT2D eigenvalue weighted by atomic mass is 35.5. The summed E-state index contributed by atoms with van der Waals surface area (Å²) in [7, 11) is 0. The Morgan fingerprint density at radius 1 is 1.00 bits per heavy atom. The molecule has 0 aliphatic rings. The predicted molar refractivity (Wildman–Crippen MR) is 168 cm³/mol. The van der Waals surface area contributed by atoms with E-state index in [1.807, 2.05) is 51.1 Å². The van der Waals surface area contributed by atoms with E-state index in [1.165, 1.54) is 11.8 Å². The van der Waals surface area contributed by atoms with Crippen molar-refractivity contribution < 1.29 is 33.7 Å². The Labute approximate surface area is 260 Å². The van der Waals surface area contributed by atoms with Crippen LogP contribution in [0, 0.1) is 0 Å². The molecule has 0 radical (unpaired) electrons. The van der Waals surface area contributed by atoms with Crippen molar-refractivity contribution in [2.24, 2.45) is 0 Å². The van der Waals surface area contributed by atoms with E-state index in [1.54, 1.807) is 26.8 Å². The summed E-state index contributed by atoms with van der Waals surface area (Å²) < 4.78 is 17.8. The van der Waals surface area contributed by atoms with E-state index < -0.39 is 23.6 Å². The second kappa shape index (κ2) is 17.1. The zero-order valence-corrected chi connectivity index (χ0v) is 27.3. The van der Waals surface area contributed by atoms with Crippen LogP contribution >= 0.6 is 11.6 Å². The number of aliphatic carboxylic acids is 1. The average Bonchev–Trinajstić information content (AvgIpc) is 2.97. The molecule has 10 heteroatoms. The lowest BCUT2D eigenvalue weighted by Gasteiger charge is -2.36. The van der Waals surface area contributed by atoms with Gasteiger partial charge in [-0.15, -0.1) is 0 Å². The van der Waals surface area contributed by atoms with Crippen LogP contribution in [0.25, 0.3) is 0 Å². The van der Waals surface area contributed by atoms with Gasteiger partial charge in [-0.2, -0.15) is 0 Å². The van der Waals surface area contributed by atoms with Gasteiger partial charge in [-0.05, 0) is 59.1 Å². The van der Waals surface area contributed by atoms with Gasteiger partial charge in [-0.3, -0.25) is 4.79 Å². The van der Waals surface area contributed by atoms with Gasteiger partial charge in [0.15, 0.2) is 11.5 Å². The molecule has 0 saturated carbocycles. The lowest BCUT2D eigenvalue weighted by molar-refractivity contribution is -0.145. The summed E-state index contributed by atoms with van der Waals surface area (Å²) in [6.07, 6.45) is 1.49. The average molecular weight is 619 g/mol. The maximum atomic E-state index is 14.0. The third-order valence-corrected chi connectivity index (χ3v) is 7.80. The quantitative estimate of drug-likeness (QED) is 0.165. The maximum absolute atomic E-state index is 14.0. The Kier molecular flexibility index (Phi) is 14.3. The molecule has 2 aromatic carbocycles. The number of ether oxygens (including phenoxy) is 3. The van der Waals surface area contributed by atoms with Crippen molar-refractivity contribution in [3.8, 4) is 11.5 Å². The lowest BCUT2D eigenvalue weighted by atomic mass is 9.88. The van der Waals surface area contributed by atoms with E-state index in [9.17, 15) is 19.5 Å². The molecule has 0 bridgehead atoms. The number of Topliss-reactive ketones (excluding diaryl/α,β-unsaturated/α-hetero) is 1. The van der Waals surface area contributed by atoms with Gasteiger partial charge in [0.1, 0.15) is 16.9 Å². The lowest BCUT2D eigenvalue weighted by Crippen LogP contribution is -2.58. The molecule has 0 saturated heterocycles. The van der Waals surface area contributed by atoms with Crippen molar-refractivity contribution in [2.45, 2.75) is 91.8 Å². The number of carboxylic acid groups (broad SMARTS) is 1. The highest BCUT2D eigenvalue weighted by Gasteiger charge is 2.40. The number of carbonyl (C=O) groups excluding carboxylic acids is 2. The third-order valence-electron chi connectivity index (χ3n) is 7.41. The molecular weight excluding hydrogens is 572 g/mol. The SMILES string of the molecule is CCCC(CCC)(NC(=O)N(CCO[C@@H](C)c1ccccc1)[C@H](C)c1cc(OCC)c(C(C)=O)c(OCC)c1Cl)C(=O)O. The second-order valence-corrected chi connectivity index (χ2v) is 10.9. The smallest absolute Gasteiger partial charge is 0.329 e. The van der Waals surface area contributed by atoms with Crippen molar-refractivity contribution in [3.05, 3.63) is 58.1 Å². The van der Waals surface area contributed by atoms with Crippen LogP contribution in [0.1, 0.15) is 108 Å². The van der Waals surface area contributed by atoms with Crippen LogP contribution in [0.2, 0.25) is 5.02 Å². The summed E-state index contributed by atoms with van der Waals surface area (Å²) in [5.74, 6) is -0.852. The Hall–Kier alpha value is -3.30. The first kappa shape index (κ1) is 35.9. The Morgan fingerprint density at radius 3 is 2.12 bits per heavy atom. The minimum absolute atomic E-state index is 0.136. The molecular formula is C33H47ClN2O7. The standard InChI is InChI=1S/C33H47ClN2O7/c1-8-17-33(18-9-2,31(38)39)35-32(40)36(19-20-43-24(7)25-15-13-12-14-16-25)22(5)26-21-27(41-10-3)28(23(6)37)30(29(26)34)42-11-4/h12-16,21-22,24H,8-11,17-20H2,1-7H3,(H,35,40)(H,38,39)/t22-,24+/m1/s1. The molecule has 0 heterocycles. The number of amides is 2. The van der Waals surface area contributed by atoms with E-state index in [0.717, 1.165) is 5.56 Å². The fourth-order valence-electron chi connectivity index (χ4n) is 5.25. The Morgan fingerprint density at radius 2 is 1.60 bits per heavy atom. The normalized spacial score (nSPS) is 12.7. The largest absolute Gasteiger partial charge is 0.493 e. The number of ketones is 1. The van der Waals surface area contributed by atoms with Gasteiger partial charge in [-0.25, -0.2) is 9.59 Å². The summed E-state index contributed by atoms with van der Waals surface area (Å²) >= 11 is 6.88. The number of benzene rings is 2. The molecule has 2 N–H and O–H groups in total. The van der Waals surface area contributed by atoms with E-state index in [2.05, 4.69) is 5.32 Å². The second-order valence-electron chi connectivity index (χ2n) is 10.5. The highest BCUT2D eigenvalue weighted by Crippen LogP contribution is 2.43. The van der Waals surface area contributed by atoms with E-state index >= 15 is 0 Å². The molecule has 9 nitrogen and oxygen atoms in total. The van der Waals surface area contributed by atoms with Gasteiger partial charge in [0.25, 0.3) is 0 Å². The van der Waals surface area contributed by atoms with Crippen molar-refractivity contribution in [2.75, 3.05) is 26.4 Å². The molecule has 0 aliphatic carbocycles. The minimum atomic E-state index is -1.42. The van der Waals surface area contributed by atoms with Crippen LogP contribution in [0.5, 0.6) is 11.5 Å². The number of carbonyl (C=O) groups is 3. The van der Waals surface area contributed by atoms with Gasteiger partial charge in [-0.1, -0.05) is 68.6 Å². The zero-order valence-electron chi connectivity index (χ0n) is 26.5. The van der Waals surface area contributed by atoms with Gasteiger partial charge in [0.05, 0.1) is 37.0 Å². The van der Waals surface area contributed by atoms with Crippen molar-refractivity contribution in [3.63, 3.8) is 0 Å². The predicted octanol–water partition coefficient (Wildman–Crippen LogP) is 7.61. The summed E-state index contributed by atoms with van der Waals surface area (Å²) in [6.45, 7) is 13.4. The monoisotopic (exact) mass is 618 g/mol.